The van der Waals surface area contributed by atoms with Crippen molar-refractivity contribution in [1.82, 2.24) is 29.9 Å². The Morgan fingerprint density at radius 3 is 2.87 bits per heavy atom. The lowest BCUT2D eigenvalue weighted by atomic mass is 10.2. The molecule has 1 aromatic carbocycles. The molecule has 0 bridgehead atoms. The Kier molecular flexibility index (Phi) is 3.83. The largest absolute Gasteiger partial charge is 0.358 e. The number of amides is 1. The van der Waals surface area contributed by atoms with Gasteiger partial charge < -0.3 is 5.32 Å². The minimum Gasteiger partial charge on any atom is -0.358 e. The van der Waals surface area contributed by atoms with Gasteiger partial charge in [0.2, 0.25) is 5.91 Å². The Hall–Kier alpha value is -2.74. The zero-order chi connectivity index (χ0) is 16.6. The van der Waals surface area contributed by atoms with Gasteiger partial charge in [-0.25, -0.2) is 4.98 Å². The summed E-state index contributed by atoms with van der Waals surface area (Å²) in [7, 11) is 1.50. The monoisotopic (exact) mass is 332 g/mol. The van der Waals surface area contributed by atoms with Crippen LogP contribution in [0.2, 0.25) is 5.02 Å². The summed E-state index contributed by atoms with van der Waals surface area (Å²) in [6, 6.07) is 5.38. The summed E-state index contributed by atoms with van der Waals surface area (Å²) in [6.07, 6.45) is 1.30. The van der Waals surface area contributed by atoms with E-state index in [2.05, 4.69) is 20.6 Å². The van der Waals surface area contributed by atoms with Crippen molar-refractivity contribution in [2.75, 3.05) is 7.05 Å². The molecule has 0 saturated heterocycles. The zero-order valence-corrected chi connectivity index (χ0v) is 13.2. The van der Waals surface area contributed by atoms with Crippen LogP contribution in [0.4, 0.5) is 0 Å². The van der Waals surface area contributed by atoms with E-state index in [0.29, 0.717) is 16.4 Å². The molecule has 0 radical (unpaired) electrons. The molecule has 0 saturated carbocycles. The number of aromatic nitrogens is 5. The third-order valence-corrected chi connectivity index (χ3v) is 3.83. The maximum atomic E-state index is 12.3. The van der Waals surface area contributed by atoms with Crippen molar-refractivity contribution in [2.24, 2.45) is 0 Å². The van der Waals surface area contributed by atoms with Gasteiger partial charge >= 0.3 is 0 Å². The number of nitrogens with zero attached hydrogens (tertiary/aromatic N) is 5. The minimum absolute atomic E-state index is 0.0908. The van der Waals surface area contributed by atoms with Gasteiger partial charge in [-0.1, -0.05) is 22.9 Å². The Labute approximate surface area is 135 Å². The third-order valence-electron chi connectivity index (χ3n) is 3.42. The summed E-state index contributed by atoms with van der Waals surface area (Å²) in [4.78, 5) is 28.0. The van der Waals surface area contributed by atoms with Gasteiger partial charge in [0, 0.05) is 12.1 Å². The molecule has 118 valence electrons. The highest BCUT2D eigenvalue weighted by atomic mass is 35.5. The summed E-state index contributed by atoms with van der Waals surface area (Å²) < 4.78 is 2.62. The van der Waals surface area contributed by atoms with E-state index in [1.165, 1.54) is 22.6 Å². The molecule has 0 aliphatic carbocycles. The Morgan fingerprint density at radius 1 is 1.39 bits per heavy atom. The van der Waals surface area contributed by atoms with E-state index >= 15 is 0 Å². The average Bonchev–Trinajstić information content (AvgIpc) is 2.97. The molecule has 1 N–H and O–H groups in total. The smallest absolute Gasteiger partial charge is 0.284 e. The number of hydrogen-bond acceptors (Lipinski definition) is 5. The van der Waals surface area contributed by atoms with Crippen LogP contribution in [0.1, 0.15) is 5.56 Å². The van der Waals surface area contributed by atoms with Crippen molar-refractivity contribution in [1.29, 1.82) is 0 Å². The van der Waals surface area contributed by atoms with E-state index in [1.807, 2.05) is 19.1 Å². The fourth-order valence-corrected chi connectivity index (χ4v) is 2.25. The van der Waals surface area contributed by atoms with E-state index < -0.39 is 5.56 Å². The van der Waals surface area contributed by atoms with Gasteiger partial charge in [-0.05, 0) is 24.6 Å². The number of likely N-dealkylation sites (N-methyl/N-ethyl adjacent to an activating group) is 1. The van der Waals surface area contributed by atoms with Crippen molar-refractivity contribution >= 4 is 28.7 Å². The third kappa shape index (κ3) is 2.68. The lowest BCUT2D eigenvalue weighted by Crippen LogP contribution is -2.30. The zero-order valence-electron chi connectivity index (χ0n) is 12.4. The number of rotatable bonds is 3. The van der Waals surface area contributed by atoms with Crippen LogP contribution in [0.25, 0.3) is 16.9 Å². The number of benzene rings is 1. The molecule has 0 aliphatic rings. The maximum absolute atomic E-state index is 12.3. The first kappa shape index (κ1) is 15.2. The molecule has 2 aromatic heterocycles. The van der Waals surface area contributed by atoms with Crippen molar-refractivity contribution in [3.63, 3.8) is 0 Å². The predicted octanol–water partition coefficient (Wildman–Crippen LogP) is 0.685. The van der Waals surface area contributed by atoms with E-state index in [9.17, 15) is 9.59 Å². The standard InChI is InChI=1S/C14H13ClN6O2/c1-8-3-4-9(5-10(8)15)21-13-12(18-19-21)14(23)20(7-17-13)6-11(22)16-2/h3-5,7H,6H2,1-2H3,(H,16,22). The van der Waals surface area contributed by atoms with Gasteiger partial charge in [0.1, 0.15) is 12.9 Å². The first-order chi connectivity index (χ1) is 11.0. The Balaban J connectivity index is 2.11. The number of carbonyl (C=O) groups excluding carboxylic acids is 1. The molecule has 0 unspecified atom stereocenters. The van der Waals surface area contributed by atoms with Crippen LogP contribution >= 0.6 is 11.6 Å². The molecular formula is C14H13ClN6O2. The number of halogens is 1. The molecule has 0 atom stereocenters. The van der Waals surface area contributed by atoms with Crippen molar-refractivity contribution < 1.29 is 4.79 Å². The molecule has 3 rings (SSSR count). The molecule has 23 heavy (non-hydrogen) atoms. The minimum atomic E-state index is -0.428. The van der Waals surface area contributed by atoms with Gasteiger partial charge in [-0.2, -0.15) is 4.68 Å². The topological polar surface area (TPSA) is 94.7 Å². The van der Waals surface area contributed by atoms with Crippen molar-refractivity contribution in [3.05, 3.63) is 45.5 Å². The molecular weight excluding hydrogens is 320 g/mol. The number of hydrogen-bond donors (Lipinski definition) is 1. The SMILES string of the molecule is CNC(=O)Cn1cnc2c(nnn2-c2ccc(C)c(Cl)c2)c1=O. The van der Waals surface area contributed by atoms with Gasteiger partial charge in [0.05, 0.1) is 5.69 Å². The quantitative estimate of drug-likeness (QED) is 0.761. The van der Waals surface area contributed by atoms with Crippen molar-refractivity contribution in [2.45, 2.75) is 13.5 Å². The summed E-state index contributed by atoms with van der Waals surface area (Å²) in [5.74, 6) is -0.300. The molecule has 0 aliphatic heterocycles. The Bertz CT molecular complexity index is 962. The highest BCUT2D eigenvalue weighted by Gasteiger charge is 2.14. The lowest BCUT2D eigenvalue weighted by molar-refractivity contribution is -0.121. The summed E-state index contributed by atoms with van der Waals surface area (Å²) in [5, 5.41) is 10.9. The number of carbonyl (C=O) groups is 1. The lowest BCUT2D eigenvalue weighted by Gasteiger charge is -2.05. The number of nitrogens with one attached hydrogen (secondary N) is 1. The summed E-state index contributed by atoms with van der Waals surface area (Å²) in [6.45, 7) is 1.77. The first-order valence-corrected chi connectivity index (χ1v) is 7.17. The molecule has 0 spiro atoms. The van der Waals surface area contributed by atoms with Gasteiger partial charge in [-0.15, -0.1) is 5.10 Å². The van der Waals surface area contributed by atoms with E-state index in [4.69, 9.17) is 11.6 Å². The molecule has 8 nitrogen and oxygen atoms in total. The Morgan fingerprint density at radius 2 is 2.17 bits per heavy atom. The van der Waals surface area contributed by atoms with Gasteiger partial charge in [0.15, 0.2) is 11.2 Å². The first-order valence-electron chi connectivity index (χ1n) is 6.79. The average molecular weight is 333 g/mol. The van der Waals surface area contributed by atoms with Gasteiger partial charge in [-0.3, -0.25) is 14.2 Å². The highest BCUT2D eigenvalue weighted by molar-refractivity contribution is 6.31. The normalized spacial score (nSPS) is 10.9. The summed E-state index contributed by atoms with van der Waals surface area (Å²) in [5.41, 5.74) is 1.55. The van der Waals surface area contributed by atoms with Crippen LogP contribution in [-0.4, -0.2) is 37.5 Å². The van der Waals surface area contributed by atoms with Crippen LogP contribution in [-0.2, 0) is 11.3 Å². The predicted molar refractivity (Wildman–Crippen MR) is 84.7 cm³/mol. The van der Waals surface area contributed by atoms with Crippen LogP contribution in [0.15, 0.2) is 29.3 Å². The second kappa shape index (κ2) is 5.81. The molecule has 0 fully saturated rings. The van der Waals surface area contributed by atoms with Crippen LogP contribution < -0.4 is 10.9 Å². The second-order valence-electron chi connectivity index (χ2n) is 4.96. The maximum Gasteiger partial charge on any atom is 0.284 e. The summed E-state index contributed by atoms with van der Waals surface area (Å²) >= 11 is 6.12. The van der Waals surface area contributed by atoms with E-state index in [1.54, 1.807) is 6.07 Å². The van der Waals surface area contributed by atoms with Crippen LogP contribution in [0, 0.1) is 6.92 Å². The second-order valence-corrected chi connectivity index (χ2v) is 5.36. The van der Waals surface area contributed by atoms with E-state index in [0.717, 1.165) is 5.56 Å². The fourth-order valence-electron chi connectivity index (χ4n) is 2.08. The van der Waals surface area contributed by atoms with Crippen LogP contribution in [0.3, 0.4) is 0 Å². The van der Waals surface area contributed by atoms with E-state index in [-0.39, 0.29) is 18.0 Å². The number of fused-ring (bicyclic) bond motifs is 1. The molecule has 9 heteroatoms. The van der Waals surface area contributed by atoms with Crippen molar-refractivity contribution in [3.8, 4) is 5.69 Å². The molecule has 1 amide bonds. The molecule has 3 aromatic rings. The molecule has 2 heterocycles. The number of aryl methyl sites for hydroxylation is 1. The van der Waals surface area contributed by atoms with Gasteiger partial charge in [0.25, 0.3) is 5.56 Å². The fraction of sp³-hybridized carbons (Fsp3) is 0.214. The van der Waals surface area contributed by atoms with Crippen LogP contribution in [0.5, 0.6) is 0 Å². The highest BCUT2D eigenvalue weighted by Crippen LogP contribution is 2.20.